The van der Waals surface area contributed by atoms with Gasteiger partial charge in [0.05, 0.1) is 11.3 Å². The number of ketones is 1. The Morgan fingerprint density at radius 3 is 1.91 bits per heavy atom. The van der Waals surface area contributed by atoms with Gasteiger partial charge in [-0.05, 0) is 55.5 Å². The monoisotopic (exact) mass is 436 g/mol. The molecular formula is C24H24N2O6. The Bertz CT molecular complexity index is 1040. The van der Waals surface area contributed by atoms with Gasteiger partial charge in [0.1, 0.15) is 0 Å². The first-order valence-corrected chi connectivity index (χ1v) is 10.3. The molecule has 0 saturated carbocycles. The predicted octanol–water partition coefficient (Wildman–Crippen LogP) is 3.36. The average Bonchev–Trinajstić information content (AvgIpc) is 3.11. The molecule has 1 fully saturated rings. The van der Waals surface area contributed by atoms with Gasteiger partial charge in [0.25, 0.3) is 0 Å². The first-order valence-electron chi connectivity index (χ1n) is 10.3. The fourth-order valence-electron chi connectivity index (χ4n) is 3.13. The summed E-state index contributed by atoms with van der Waals surface area (Å²) in [6.07, 6.45) is -0.680. The normalized spacial score (nSPS) is 14.4. The second-order valence-electron chi connectivity index (χ2n) is 7.80. The number of nitrogens with one attached hydrogen (secondary N) is 1. The highest BCUT2D eigenvalue weighted by Crippen LogP contribution is 2.23. The van der Waals surface area contributed by atoms with E-state index in [4.69, 9.17) is 4.74 Å². The van der Waals surface area contributed by atoms with Crippen molar-refractivity contribution in [3.8, 4) is 0 Å². The number of imide groups is 1. The quantitative estimate of drug-likeness (QED) is 0.405. The highest BCUT2D eigenvalue weighted by atomic mass is 16.5. The van der Waals surface area contributed by atoms with Crippen molar-refractivity contribution in [2.45, 2.75) is 39.7 Å². The molecule has 32 heavy (non-hydrogen) atoms. The first kappa shape index (κ1) is 22.9. The van der Waals surface area contributed by atoms with E-state index in [0.717, 1.165) is 4.90 Å². The minimum absolute atomic E-state index is 0.129. The lowest BCUT2D eigenvalue weighted by atomic mass is 10.1. The summed E-state index contributed by atoms with van der Waals surface area (Å²) in [6.45, 7) is 5.04. The molecule has 2 aromatic carbocycles. The van der Waals surface area contributed by atoms with E-state index in [-0.39, 0.29) is 47.8 Å². The molecule has 0 aromatic heterocycles. The molecule has 1 unspecified atom stereocenters. The number of anilines is 2. The van der Waals surface area contributed by atoms with Crippen LogP contribution in [0.4, 0.5) is 11.4 Å². The number of carbonyl (C=O) groups is 5. The van der Waals surface area contributed by atoms with E-state index in [2.05, 4.69) is 5.32 Å². The van der Waals surface area contributed by atoms with Crippen LogP contribution in [0.3, 0.4) is 0 Å². The maximum atomic E-state index is 12.6. The van der Waals surface area contributed by atoms with E-state index in [0.29, 0.717) is 16.9 Å². The number of hydrogen-bond donors (Lipinski definition) is 1. The molecule has 1 aliphatic heterocycles. The van der Waals surface area contributed by atoms with Gasteiger partial charge in [-0.25, -0.2) is 4.79 Å². The fourth-order valence-corrected chi connectivity index (χ4v) is 3.13. The van der Waals surface area contributed by atoms with Crippen molar-refractivity contribution in [1.29, 1.82) is 0 Å². The van der Waals surface area contributed by atoms with Gasteiger partial charge >= 0.3 is 5.97 Å². The van der Waals surface area contributed by atoms with Gasteiger partial charge in [-0.15, -0.1) is 0 Å². The first-order chi connectivity index (χ1) is 15.2. The van der Waals surface area contributed by atoms with Crippen molar-refractivity contribution in [2.75, 3.05) is 10.2 Å². The molecule has 8 heteroatoms. The van der Waals surface area contributed by atoms with Crippen LogP contribution in [0.15, 0.2) is 48.5 Å². The molecule has 3 rings (SSSR count). The second kappa shape index (κ2) is 9.55. The van der Waals surface area contributed by atoms with E-state index >= 15 is 0 Å². The molecule has 8 nitrogen and oxygen atoms in total. The van der Waals surface area contributed by atoms with Gasteiger partial charge < -0.3 is 10.1 Å². The van der Waals surface area contributed by atoms with Gasteiger partial charge in [0.15, 0.2) is 6.10 Å². The summed E-state index contributed by atoms with van der Waals surface area (Å²) in [5, 5.41) is 2.74. The van der Waals surface area contributed by atoms with Crippen molar-refractivity contribution < 1.29 is 28.7 Å². The lowest BCUT2D eigenvalue weighted by Gasteiger charge is -2.15. The summed E-state index contributed by atoms with van der Waals surface area (Å²) in [5.41, 5.74) is 1.50. The summed E-state index contributed by atoms with van der Waals surface area (Å²) in [7, 11) is 0. The van der Waals surface area contributed by atoms with Gasteiger partial charge in [-0.1, -0.05) is 13.8 Å². The van der Waals surface area contributed by atoms with E-state index < -0.39 is 12.1 Å². The Morgan fingerprint density at radius 2 is 1.38 bits per heavy atom. The predicted molar refractivity (Wildman–Crippen MR) is 117 cm³/mol. The fraction of sp³-hybridized carbons (Fsp3) is 0.292. The zero-order valence-electron chi connectivity index (χ0n) is 18.1. The van der Waals surface area contributed by atoms with Crippen LogP contribution < -0.4 is 10.2 Å². The summed E-state index contributed by atoms with van der Waals surface area (Å²) >= 11 is 0. The maximum absolute atomic E-state index is 12.6. The third kappa shape index (κ3) is 5.08. The number of Topliss-reactive ketones (excluding diaryl/α,β-unsaturated/α-hetero) is 1. The third-order valence-electron chi connectivity index (χ3n) is 5.03. The van der Waals surface area contributed by atoms with Crippen LogP contribution in [-0.4, -0.2) is 35.6 Å². The third-order valence-corrected chi connectivity index (χ3v) is 5.03. The Morgan fingerprint density at radius 1 is 0.844 bits per heavy atom. The Labute approximate surface area is 185 Å². The Balaban J connectivity index is 1.61. The summed E-state index contributed by atoms with van der Waals surface area (Å²) < 4.78 is 5.28. The molecule has 0 radical (unpaired) electrons. The number of esters is 1. The minimum atomic E-state index is -1.03. The average molecular weight is 436 g/mol. The van der Waals surface area contributed by atoms with E-state index in [1.807, 2.05) is 0 Å². The molecule has 166 valence electrons. The van der Waals surface area contributed by atoms with Gasteiger partial charge in [0.2, 0.25) is 23.5 Å². The number of hydrogen-bond acceptors (Lipinski definition) is 6. The zero-order chi connectivity index (χ0) is 23.4. The molecule has 3 amide bonds. The largest absolute Gasteiger partial charge is 0.451 e. The maximum Gasteiger partial charge on any atom is 0.338 e. The van der Waals surface area contributed by atoms with Crippen molar-refractivity contribution >= 4 is 40.8 Å². The van der Waals surface area contributed by atoms with Crippen LogP contribution in [0, 0.1) is 5.92 Å². The van der Waals surface area contributed by atoms with Crippen molar-refractivity contribution in [2.24, 2.45) is 5.92 Å². The highest BCUT2D eigenvalue weighted by molar-refractivity contribution is 6.19. The van der Waals surface area contributed by atoms with Crippen LogP contribution in [0.2, 0.25) is 0 Å². The topological polar surface area (TPSA) is 110 Å². The number of amides is 3. The van der Waals surface area contributed by atoms with Crippen molar-refractivity contribution in [1.82, 2.24) is 0 Å². The van der Waals surface area contributed by atoms with Crippen molar-refractivity contribution in [3.63, 3.8) is 0 Å². The van der Waals surface area contributed by atoms with Crippen molar-refractivity contribution in [3.05, 3.63) is 59.7 Å². The number of nitrogens with zero attached hydrogens (tertiary/aromatic N) is 1. The number of carbonyl (C=O) groups excluding carboxylic acids is 5. The van der Waals surface area contributed by atoms with Crippen LogP contribution in [-0.2, 0) is 19.1 Å². The lowest BCUT2D eigenvalue weighted by molar-refractivity contribution is -0.121. The molecule has 1 N–H and O–H groups in total. The zero-order valence-corrected chi connectivity index (χ0v) is 18.1. The van der Waals surface area contributed by atoms with Crippen LogP contribution >= 0.6 is 0 Å². The Hall–Kier alpha value is -3.81. The molecular weight excluding hydrogens is 412 g/mol. The highest BCUT2D eigenvalue weighted by Gasteiger charge is 2.30. The molecule has 0 spiro atoms. The summed E-state index contributed by atoms with van der Waals surface area (Å²) in [6, 6.07) is 12.2. The van der Waals surface area contributed by atoms with E-state index in [1.54, 1.807) is 38.1 Å². The molecule has 1 saturated heterocycles. The minimum Gasteiger partial charge on any atom is -0.451 e. The summed E-state index contributed by atoms with van der Waals surface area (Å²) in [5.74, 6) is -1.93. The molecule has 1 aliphatic rings. The van der Waals surface area contributed by atoms with E-state index in [9.17, 15) is 24.0 Å². The number of rotatable bonds is 7. The second-order valence-corrected chi connectivity index (χ2v) is 7.80. The van der Waals surface area contributed by atoms with Gasteiger partial charge in [-0.3, -0.25) is 24.1 Å². The lowest BCUT2D eigenvalue weighted by Crippen LogP contribution is -2.28. The van der Waals surface area contributed by atoms with Crippen LogP contribution in [0.5, 0.6) is 0 Å². The Kier molecular flexibility index (Phi) is 6.82. The SMILES string of the molecule is CC(C)C(=O)Nc1ccc(C(=O)C(C)OC(=O)c2ccc(N3C(=O)CCC3=O)cc2)cc1. The molecule has 2 aromatic rings. The molecule has 1 atom stereocenters. The number of ether oxygens (including phenoxy) is 1. The smallest absolute Gasteiger partial charge is 0.338 e. The van der Waals surface area contributed by atoms with E-state index in [1.165, 1.54) is 31.2 Å². The summed E-state index contributed by atoms with van der Waals surface area (Å²) in [4.78, 5) is 61.5. The number of benzene rings is 2. The standard InChI is InChI=1S/C24H24N2O6/c1-14(2)23(30)25-18-8-4-16(5-9-18)22(29)15(3)32-24(31)17-6-10-19(11-7-17)26-20(27)12-13-21(26)28/h4-11,14-15H,12-13H2,1-3H3,(H,25,30). The molecule has 0 aliphatic carbocycles. The van der Waals surface area contributed by atoms with Crippen LogP contribution in [0.1, 0.15) is 54.3 Å². The molecule has 1 heterocycles. The molecule has 0 bridgehead atoms. The van der Waals surface area contributed by atoms with Crippen LogP contribution in [0.25, 0.3) is 0 Å². The van der Waals surface area contributed by atoms with Gasteiger partial charge in [0, 0.05) is 30.0 Å². The van der Waals surface area contributed by atoms with Gasteiger partial charge in [-0.2, -0.15) is 0 Å².